The second-order valence-electron chi connectivity index (χ2n) is 7.55. The van der Waals surface area contributed by atoms with Gasteiger partial charge in [0, 0.05) is 36.4 Å². The summed E-state index contributed by atoms with van der Waals surface area (Å²) in [5.74, 6) is -0.729. The van der Waals surface area contributed by atoms with Crippen molar-refractivity contribution in [3.63, 3.8) is 0 Å². The quantitative estimate of drug-likeness (QED) is 0.780. The second-order valence-corrected chi connectivity index (χ2v) is 7.55. The van der Waals surface area contributed by atoms with Gasteiger partial charge in [-0.25, -0.2) is 4.39 Å². The van der Waals surface area contributed by atoms with Crippen molar-refractivity contribution in [3.05, 3.63) is 65.5 Å². The van der Waals surface area contributed by atoms with Gasteiger partial charge in [0.25, 0.3) is 11.8 Å². The van der Waals surface area contributed by atoms with Crippen molar-refractivity contribution in [2.24, 2.45) is 0 Å². The van der Waals surface area contributed by atoms with Crippen LogP contribution in [0.1, 0.15) is 53.8 Å². The highest BCUT2D eigenvalue weighted by Gasteiger charge is 2.24. The summed E-state index contributed by atoms with van der Waals surface area (Å²) in [7, 11) is 0. The molecule has 2 N–H and O–H groups in total. The highest BCUT2D eigenvalue weighted by Crippen LogP contribution is 2.24. The third kappa shape index (κ3) is 5.34. The fourth-order valence-corrected chi connectivity index (χ4v) is 3.51. The van der Waals surface area contributed by atoms with E-state index in [4.69, 9.17) is 0 Å². The summed E-state index contributed by atoms with van der Waals surface area (Å²) in [6.07, 6.45) is 2.41. The average molecular weight is 397 g/mol. The molecule has 0 radical (unpaired) electrons. The molecule has 2 aromatic carbocycles. The largest absolute Gasteiger partial charge is 0.371 e. The number of nitrogens with one attached hydrogen (secondary N) is 2. The fraction of sp³-hybridized carbons (Fsp3) is 0.391. The van der Waals surface area contributed by atoms with Gasteiger partial charge in [-0.3, -0.25) is 9.59 Å². The summed E-state index contributed by atoms with van der Waals surface area (Å²) >= 11 is 0. The van der Waals surface area contributed by atoms with E-state index >= 15 is 0 Å². The zero-order valence-corrected chi connectivity index (χ0v) is 17.0. The number of piperidine rings is 1. The molecule has 0 spiro atoms. The minimum atomic E-state index is -0.417. The molecule has 1 aliphatic rings. The lowest BCUT2D eigenvalue weighted by molar-refractivity contribution is 0.0927. The topological polar surface area (TPSA) is 61.4 Å². The molecule has 1 heterocycles. The van der Waals surface area contributed by atoms with Crippen LogP contribution in [0.15, 0.2) is 48.5 Å². The number of benzene rings is 2. The van der Waals surface area contributed by atoms with Gasteiger partial charge in [-0.1, -0.05) is 25.1 Å². The van der Waals surface area contributed by atoms with Gasteiger partial charge in [0.2, 0.25) is 0 Å². The van der Waals surface area contributed by atoms with Crippen molar-refractivity contribution in [1.82, 2.24) is 10.6 Å². The minimum absolute atomic E-state index is 0.0307. The lowest BCUT2D eigenvalue weighted by atomic mass is 10.0. The van der Waals surface area contributed by atoms with Crippen LogP contribution in [0, 0.1) is 5.82 Å². The third-order valence-corrected chi connectivity index (χ3v) is 5.40. The number of carbonyl (C=O) groups is 2. The molecule has 6 heteroatoms. The Balaban J connectivity index is 1.61. The molecule has 1 atom stereocenters. The van der Waals surface area contributed by atoms with Crippen LogP contribution in [0.4, 0.5) is 10.1 Å². The molecule has 0 aliphatic carbocycles. The van der Waals surface area contributed by atoms with Crippen molar-refractivity contribution in [1.29, 1.82) is 0 Å². The maximum absolute atomic E-state index is 13.3. The zero-order chi connectivity index (χ0) is 20.8. The van der Waals surface area contributed by atoms with Gasteiger partial charge in [0.1, 0.15) is 5.82 Å². The van der Waals surface area contributed by atoms with E-state index in [0.29, 0.717) is 11.1 Å². The highest BCUT2D eigenvalue weighted by atomic mass is 19.1. The molecule has 0 bridgehead atoms. The molecular weight excluding hydrogens is 369 g/mol. The first kappa shape index (κ1) is 20.8. The predicted octanol–water partition coefficient (Wildman–Crippen LogP) is 3.75. The number of halogens is 1. The van der Waals surface area contributed by atoms with Crippen molar-refractivity contribution in [2.75, 3.05) is 18.0 Å². The molecule has 5 nitrogen and oxygen atoms in total. The van der Waals surface area contributed by atoms with Crippen LogP contribution in [0.5, 0.6) is 0 Å². The minimum Gasteiger partial charge on any atom is -0.371 e. The molecular formula is C23H28FN3O2. The normalized spacial score (nSPS) is 15.6. The van der Waals surface area contributed by atoms with Crippen LogP contribution in [0.25, 0.3) is 0 Å². The van der Waals surface area contributed by atoms with E-state index in [2.05, 4.69) is 15.5 Å². The number of carbonyl (C=O) groups excluding carboxylic acids is 2. The first-order valence-electron chi connectivity index (χ1n) is 10.2. The number of para-hydroxylation sites is 1. The molecule has 0 aromatic heterocycles. The Kier molecular flexibility index (Phi) is 6.86. The van der Waals surface area contributed by atoms with Crippen LogP contribution < -0.4 is 15.5 Å². The molecule has 2 amide bonds. The van der Waals surface area contributed by atoms with Crippen LogP contribution in [0.3, 0.4) is 0 Å². The van der Waals surface area contributed by atoms with Gasteiger partial charge in [-0.05, 0) is 56.5 Å². The predicted molar refractivity (Wildman–Crippen MR) is 113 cm³/mol. The highest BCUT2D eigenvalue weighted by molar-refractivity contribution is 6.00. The van der Waals surface area contributed by atoms with Gasteiger partial charge in [0.05, 0.1) is 5.56 Å². The summed E-state index contributed by atoms with van der Waals surface area (Å²) in [4.78, 5) is 27.2. The summed E-state index contributed by atoms with van der Waals surface area (Å²) in [5, 5.41) is 6.02. The van der Waals surface area contributed by atoms with Gasteiger partial charge >= 0.3 is 0 Å². The number of nitrogens with zero attached hydrogens (tertiary/aromatic N) is 1. The molecule has 2 aromatic rings. The maximum Gasteiger partial charge on any atom is 0.253 e. The number of amides is 2. The first-order chi connectivity index (χ1) is 14.0. The lowest BCUT2D eigenvalue weighted by Crippen LogP contribution is -2.45. The average Bonchev–Trinajstić information content (AvgIpc) is 2.74. The van der Waals surface area contributed by atoms with Crippen LogP contribution in [0.2, 0.25) is 0 Å². The van der Waals surface area contributed by atoms with E-state index in [-0.39, 0.29) is 23.9 Å². The molecule has 3 rings (SSSR count). The Bertz CT molecular complexity index is 863. The number of hydrogen-bond acceptors (Lipinski definition) is 3. The van der Waals surface area contributed by atoms with Crippen molar-refractivity contribution >= 4 is 17.5 Å². The summed E-state index contributed by atoms with van der Waals surface area (Å²) in [5.41, 5.74) is 1.93. The van der Waals surface area contributed by atoms with Crippen LogP contribution in [-0.2, 0) is 0 Å². The summed E-state index contributed by atoms with van der Waals surface area (Å²) in [6, 6.07) is 13.5. The molecule has 1 aliphatic heterocycles. The number of hydrogen-bond donors (Lipinski definition) is 2. The van der Waals surface area contributed by atoms with E-state index in [9.17, 15) is 14.0 Å². The van der Waals surface area contributed by atoms with E-state index in [1.165, 1.54) is 18.2 Å². The molecule has 1 fully saturated rings. The Hall–Kier alpha value is -2.89. The Morgan fingerprint density at radius 3 is 2.52 bits per heavy atom. The smallest absolute Gasteiger partial charge is 0.253 e. The SMILES string of the molecule is CCC(C)NC(=O)c1ccccc1N1CCC(NC(=O)c2cccc(F)c2)CC1. The summed E-state index contributed by atoms with van der Waals surface area (Å²) in [6.45, 7) is 5.51. The number of rotatable bonds is 6. The monoisotopic (exact) mass is 397 g/mol. The van der Waals surface area contributed by atoms with Crippen molar-refractivity contribution in [3.8, 4) is 0 Å². The van der Waals surface area contributed by atoms with E-state index in [0.717, 1.165) is 38.0 Å². The van der Waals surface area contributed by atoms with E-state index in [1.807, 2.05) is 38.1 Å². The van der Waals surface area contributed by atoms with Gasteiger partial charge in [-0.2, -0.15) is 0 Å². The molecule has 0 saturated carbocycles. The van der Waals surface area contributed by atoms with Crippen molar-refractivity contribution < 1.29 is 14.0 Å². The first-order valence-corrected chi connectivity index (χ1v) is 10.2. The second kappa shape index (κ2) is 9.54. The Labute approximate surface area is 171 Å². The van der Waals surface area contributed by atoms with Crippen LogP contribution >= 0.6 is 0 Å². The third-order valence-electron chi connectivity index (χ3n) is 5.40. The van der Waals surface area contributed by atoms with E-state index in [1.54, 1.807) is 6.07 Å². The molecule has 1 saturated heterocycles. The van der Waals surface area contributed by atoms with Gasteiger partial charge in [0.15, 0.2) is 0 Å². The Morgan fingerprint density at radius 1 is 1.10 bits per heavy atom. The lowest BCUT2D eigenvalue weighted by Gasteiger charge is -2.35. The number of anilines is 1. The summed E-state index contributed by atoms with van der Waals surface area (Å²) < 4.78 is 13.3. The zero-order valence-electron chi connectivity index (χ0n) is 17.0. The molecule has 1 unspecified atom stereocenters. The Morgan fingerprint density at radius 2 is 1.83 bits per heavy atom. The van der Waals surface area contributed by atoms with Gasteiger partial charge < -0.3 is 15.5 Å². The fourth-order valence-electron chi connectivity index (χ4n) is 3.51. The van der Waals surface area contributed by atoms with Crippen LogP contribution in [-0.4, -0.2) is 37.0 Å². The maximum atomic E-state index is 13.3. The standard InChI is InChI=1S/C23H28FN3O2/c1-3-16(2)25-23(29)20-9-4-5-10-21(20)27-13-11-19(12-14-27)26-22(28)17-7-6-8-18(24)15-17/h4-10,15-16,19H,3,11-14H2,1-2H3,(H,25,29)(H,26,28). The van der Waals surface area contributed by atoms with Gasteiger partial charge in [-0.15, -0.1) is 0 Å². The molecule has 154 valence electrons. The molecule has 29 heavy (non-hydrogen) atoms. The van der Waals surface area contributed by atoms with Crippen molar-refractivity contribution in [2.45, 2.75) is 45.2 Å². The van der Waals surface area contributed by atoms with E-state index < -0.39 is 5.82 Å².